The van der Waals surface area contributed by atoms with E-state index >= 15 is 0 Å². The van der Waals surface area contributed by atoms with Gasteiger partial charge in [0, 0.05) is 5.02 Å². The van der Waals surface area contributed by atoms with Crippen LogP contribution in [0.25, 0.3) is 0 Å². The Morgan fingerprint density at radius 1 is 0.800 bits per heavy atom. The summed E-state index contributed by atoms with van der Waals surface area (Å²) in [7, 11) is -4.38. The Bertz CT molecular complexity index is 1360. The average molecular weight is 528 g/mol. The number of aromatic hydroxyl groups is 1. The molecule has 0 unspecified atom stereocenters. The summed E-state index contributed by atoms with van der Waals surface area (Å²) in [5.74, 6) is -0.620. The molecule has 8 heteroatoms. The van der Waals surface area contributed by atoms with Gasteiger partial charge >= 0.3 is 0 Å². The summed E-state index contributed by atoms with van der Waals surface area (Å²) in [6, 6.07) is 28.3. The van der Waals surface area contributed by atoms with Gasteiger partial charge in [-0.15, -0.1) is 0 Å². The molecule has 4 aromatic carbocycles. The van der Waals surface area contributed by atoms with Gasteiger partial charge in [0.25, 0.3) is 0 Å². The van der Waals surface area contributed by atoms with Crippen LogP contribution in [0.4, 0.5) is 0 Å². The average Bonchev–Trinajstić information content (AvgIpc) is 2.87. The molecule has 4 aromatic rings. The monoisotopic (exact) mass is 527 g/mol. The van der Waals surface area contributed by atoms with E-state index in [1.807, 2.05) is 42.5 Å². The molecule has 0 aliphatic carbocycles. The fraction of sp³-hybridized carbons (Fsp3) is 0.111. The lowest BCUT2D eigenvalue weighted by atomic mass is 9.78. The molecule has 35 heavy (non-hydrogen) atoms. The molecular weight excluding hydrogens is 505 g/mol. The molecule has 4 rings (SSSR count). The van der Waals surface area contributed by atoms with E-state index in [2.05, 4.69) is 4.72 Å². The van der Waals surface area contributed by atoms with Crippen LogP contribution in [-0.4, -0.2) is 24.7 Å². The predicted octanol–water partition coefficient (Wildman–Crippen LogP) is 5.52. The van der Waals surface area contributed by atoms with Crippen LogP contribution in [0.15, 0.2) is 108 Å². The van der Waals surface area contributed by atoms with Crippen molar-refractivity contribution < 1.29 is 18.6 Å². The van der Waals surface area contributed by atoms with Crippen molar-refractivity contribution in [1.82, 2.24) is 4.72 Å². The molecule has 0 radical (unpaired) electrons. The summed E-state index contributed by atoms with van der Waals surface area (Å²) < 4.78 is 29.8. The maximum Gasteiger partial charge on any atom is 0.244 e. The number of nitrogens with one attached hydrogen (secondary N) is 1. The molecule has 0 spiro atoms. The molecule has 5 nitrogen and oxygen atoms in total. The van der Waals surface area contributed by atoms with Gasteiger partial charge in [0.15, 0.2) is 5.75 Å². The second-order valence-corrected chi connectivity index (χ2v) is 10.6. The van der Waals surface area contributed by atoms with Crippen molar-refractivity contribution >= 4 is 33.2 Å². The summed E-state index contributed by atoms with van der Waals surface area (Å²) in [6.07, 6.45) is 0.148. The first-order chi connectivity index (χ1) is 16.7. The molecule has 0 aliphatic heterocycles. The van der Waals surface area contributed by atoms with E-state index in [0.29, 0.717) is 11.1 Å². The van der Waals surface area contributed by atoms with E-state index in [0.717, 1.165) is 11.6 Å². The van der Waals surface area contributed by atoms with Gasteiger partial charge in [-0.3, -0.25) is 0 Å². The van der Waals surface area contributed by atoms with Crippen LogP contribution in [0.2, 0.25) is 10.0 Å². The minimum atomic E-state index is -4.38. The van der Waals surface area contributed by atoms with Crippen LogP contribution in [0.5, 0.6) is 5.75 Å². The van der Waals surface area contributed by atoms with E-state index in [9.17, 15) is 18.6 Å². The van der Waals surface area contributed by atoms with Gasteiger partial charge in [-0.2, -0.15) is 0 Å². The first-order valence-electron chi connectivity index (χ1n) is 10.8. The number of hydrogen-bond acceptors (Lipinski definition) is 4. The number of phenols is 1. The number of rotatable bonds is 8. The fourth-order valence-electron chi connectivity index (χ4n) is 4.08. The Kier molecular flexibility index (Phi) is 7.50. The van der Waals surface area contributed by atoms with Gasteiger partial charge in [0.05, 0.1) is 11.1 Å². The second kappa shape index (κ2) is 10.4. The van der Waals surface area contributed by atoms with E-state index in [4.69, 9.17) is 23.2 Å². The first-order valence-corrected chi connectivity index (χ1v) is 13.0. The summed E-state index contributed by atoms with van der Waals surface area (Å²) >= 11 is 12.0. The Hall–Kier alpha value is -2.87. The van der Waals surface area contributed by atoms with Crippen molar-refractivity contribution in [3.63, 3.8) is 0 Å². The molecule has 0 fully saturated rings. The van der Waals surface area contributed by atoms with Crippen molar-refractivity contribution in [2.24, 2.45) is 0 Å². The first kappa shape index (κ1) is 25.2. The van der Waals surface area contributed by atoms with Crippen molar-refractivity contribution in [1.29, 1.82) is 0 Å². The molecule has 180 valence electrons. The van der Waals surface area contributed by atoms with E-state index in [1.54, 1.807) is 48.5 Å². The lowest BCUT2D eigenvalue weighted by Gasteiger charge is -2.38. The highest BCUT2D eigenvalue weighted by molar-refractivity contribution is 7.89. The van der Waals surface area contributed by atoms with Gasteiger partial charge in [-0.05, 0) is 35.2 Å². The number of sulfonamides is 1. The Morgan fingerprint density at radius 2 is 1.29 bits per heavy atom. The third-order valence-corrected chi connectivity index (χ3v) is 7.79. The fourth-order valence-corrected chi connectivity index (χ4v) is 6.09. The van der Waals surface area contributed by atoms with Gasteiger partial charge in [-0.1, -0.05) is 114 Å². The molecule has 0 aromatic heterocycles. The number of phenolic OH excluding ortho intramolecular Hbond substituents is 1. The van der Waals surface area contributed by atoms with Crippen LogP contribution >= 0.6 is 23.2 Å². The zero-order valence-corrected chi connectivity index (χ0v) is 20.8. The van der Waals surface area contributed by atoms with Crippen LogP contribution < -0.4 is 4.72 Å². The summed E-state index contributed by atoms with van der Waals surface area (Å²) in [6.45, 7) is 0. The van der Waals surface area contributed by atoms with Gasteiger partial charge < -0.3 is 10.2 Å². The van der Waals surface area contributed by atoms with Crippen molar-refractivity contribution in [2.45, 2.75) is 23.0 Å². The zero-order chi connectivity index (χ0) is 25.1. The van der Waals surface area contributed by atoms with Crippen LogP contribution in [-0.2, 0) is 22.0 Å². The largest absolute Gasteiger partial charge is 0.505 e. The lowest BCUT2D eigenvalue weighted by molar-refractivity contribution is 0.0454. The van der Waals surface area contributed by atoms with Crippen molar-refractivity contribution in [2.75, 3.05) is 0 Å². The van der Waals surface area contributed by atoms with Gasteiger partial charge in [0.2, 0.25) is 10.0 Å². The van der Waals surface area contributed by atoms with Crippen molar-refractivity contribution in [3.8, 4) is 5.75 Å². The number of halogens is 2. The third-order valence-electron chi connectivity index (χ3n) is 5.79. The van der Waals surface area contributed by atoms with Crippen LogP contribution in [0.3, 0.4) is 0 Å². The molecule has 3 N–H and O–H groups in total. The second-order valence-electron chi connectivity index (χ2n) is 8.10. The number of hydrogen-bond donors (Lipinski definition) is 3. The van der Waals surface area contributed by atoms with Crippen LogP contribution in [0, 0.1) is 0 Å². The highest BCUT2D eigenvalue weighted by Gasteiger charge is 2.43. The molecule has 0 heterocycles. The molecular formula is C27H23Cl2NO4S. The Labute approximate surface area is 214 Å². The quantitative estimate of drug-likeness (QED) is 0.281. The summed E-state index contributed by atoms with van der Waals surface area (Å²) in [4.78, 5) is -0.475. The van der Waals surface area contributed by atoms with E-state index in [1.165, 1.54) is 6.07 Å². The highest BCUT2D eigenvalue weighted by atomic mass is 35.5. The van der Waals surface area contributed by atoms with Crippen LogP contribution in [0.1, 0.15) is 16.7 Å². The lowest BCUT2D eigenvalue weighted by Crippen LogP contribution is -2.52. The molecule has 1 atom stereocenters. The molecule has 0 saturated carbocycles. The topological polar surface area (TPSA) is 86.6 Å². The third kappa shape index (κ3) is 5.37. The maximum absolute atomic E-state index is 13.6. The summed E-state index contributed by atoms with van der Waals surface area (Å²) in [5, 5.41) is 22.6. The van der Waals surface area contributed by atoms with Gasteiger partial charge in [-0.25, -0.2) is 13.1 Å². The predicted molar refractivity (Wildman–Crippen MR) is 138 cm³/mol. The Balaban J connectivity index is 1.89. The maximum atomic E-state index is 13.6. The standard InChI is InChI=1S/C27H23Cl2NO4S/c28-22-17-23(29)26(31)24(18-22)35(33,34)30-25(16-19-10-4-1-5-11-19)27(32,20-12-6-2-7-13-20)21-14-8-3-9-15-21/h1-15,17-18,25,30-32H,16H2/t25-/m0/s1. The molecule has 0 amide bonds. The summed E-state index contributed by atoms with van der Waals surface area (Å²) in [5.41, 5.74) is 0.0499. The van der Waals surface area contributed by atoms with Gasteiger partial charge in [0.1, 0.15) is 10.5 Å². The molecule has 0 saturated heterocycles. The van der Waals surface area contributed by atoms with E-state index in [-0.39, 0.29) is 16.5 Å². The zero-order valence-electron chi connectivity index (χ0n) is 18.5. The number of aliphatic hydroxyl groups is 1. The minimum absolute atomic E-state index is 0.0502. The SMILES string of the molecule is O=S(=O)(N[C@@H](Cc1ccccc1)C(O)(c1ccccc1)c1ccccc1)c1cc(Cl)cc(Cl)c1O. The molecule has 0 bridgehead atoms. The van der Waals surface area contributed by atoms with Crippen molar-refractivity contribution in [3.05, 3.63) is 130 Å². The smallest absolute Gasteiger partial charge is 0.244 e. The minimum Gasteiger partial charge on any atom is -0.505 e. The normalized spacial score (nSPS) is 12.9. The highest BCUT2D eigenvalue weighted by Crippen LogP contribution is 2.38. The Morgan fingerprint density at radius 3 is 1.80 bits per heavy atom. The molecule has 0 aliphatic rings. The number of benzene rings is 4. The van der Waals surface area contributed by atoms with E-state index < -0.39 is 32.3 Å².